The molecule has 4 aromatic rings. The molecule has 2 heterocycles. The smallest absolute Gasteiger partial charge is 0.178 e. The minimum Gasteiger partial charge on any atom is -0.505 e. The standard InChI is InChI=1S/C19H13Cl2N3O3/c1-27-11-6-4-10(5-7-11)24-14-3-2-8-22-18(14)23-19(24)12-9-13(20)17(26)15(21)16(12)25/h2-9,25-26H,1H3. The van der Waals surface area contributed by atoms with Crippen LogP contribution in [0.3, 0.4) is 0 Å². The summed E-state index contributed by atoms with van der Waals surface area (Å²) in [5.74, 6) is 0.394. The molecule has 2 N–H and O–H groups in total. The summed E-state index contributed by atoms with van der Waals surface area (Å²) in [6.07, 6.45) is 1.63. The number of hydrogen-bond acceptors (Lipinski definition) is 5. The van der Waals surface area contributed by atoms with Gasteiger partial charge in [-0.15, -0.1) is 0 Å². The third-order valence-corrected chi connectivity index (χ3v) is 4.82. The van der Waals surface area contributed by atoms with Gasteiger partial charge in [-0.25, -0.2) is 9.97 Å². The Hall–Kier alpha value is -2.96. The number of phenols is 2. The molecule has 0 aliphatic heterocycles. The fourth-order valence-corrected chi connectivity index (χ4v) is 3.31. The summed E-state index contributed by atoms with van der Waals surface area (Å²) in [7, 11) is 1.59. The minimum atomic E-state index is -0.384. The zero-order valence-corrected chi connectivity index (χ0v) is 15.5. The third kappa shape index (κ3) is 2.83. The highest BCUT2D eigenvalue weighted by Gasteiger charge is 2.22. The summed E-state index contributed by atoms with van der Waals surface area (Å²) in [5, 5.41) is 20.1. The molecule has 6 nitrogen and oxygen atoms in total. The van der Waals surface area contributed by atoms with E-state index in [2.05, 4.69) is 9.97 Å². The number of rotatable bonds is 3. The Labute approximate surface area is 164 Å². The minimum absolute atomic E-state index is 0.00842. The molecule has 0 atom stereocenters. The van der Waals surface area contributed by atoms with Gasteiger partial charge >= 0.3 is 0 Å². The normalized spacial score (nSPS) is 11.1. The van der Waals surface area contributed by atoms with E-state index in [0.717, 1.165) is 11.2 Å². The lowest BCUT2D eigenvalue weighted by molar-refractivity contribution is 0.415. The molecule has 0 saturated heterocycles. The van der Waals surface area contributed by atoms with Crippen molar-refractivity contribution in [1.82, 2.24) is 14.5 Å². The van der Waals surface area contributed by atoms with Gasteiger partial charge in [-0.05, 0) is 42.5 Å². The first-order valence-electron chi connectivity index (χ1n) is 7.89. The van der Waals surface area contributed by atoms with Gasteiger partial charge in [-0.3, -0.25) is 4.57 Å². The summed E-state index contributed by atoms with van der Waals surface area (Å²) in [6.45, 7) is 0. The van der Waals surface area contributed by atoms with Crippen molar-refractivity contribution < 1.29 is 14.9 Å². The van der Waals surface area contributed by atoms with E-state index >= 15 is 0 Å². The summed E-state index contributed by atoms with van der Waals surface area (Å²) in [6, 6.07) is 12.4. The average Bonchev–Trinajstić information content (AvgIpc) is 3.08. The zero-order chi connectivity index (χ0) is 19.1. The number of phenolic OH excluding ortho intramolecular Hbond substituents is 2. The number of nitrogens with zero attached hydrogens (tertiary/aromatic N) is 3. The molecule has 8 heteroatoms. The van der Waals surface area contributed by atoms with Crippen LogP contribution in [-0.2, 0) is 0 Å². The van der Waals surface area contributed by atoms with E-state index in [0.29, 0.717) is 17.2 Å². The van der Waals surface area contributed by atoms with Gasteiger partial charge in [0.05, 0.1) is 23.2 Å². The van der Waals surface area contributed by atoms with Crippen LogP contribution in [0.5, 0.6) is 17.2 Å². The van der Waals surface area contributed by atoms with Crippen LogP contribution < -0.4 is 4.74 Å². The number of fused-ring (bicyclic) bond motifs is 1. The number of pyridine rings is 1. The van der Waals surface area contributed by atoms with Crippen LogP contribution in [0.2, 0.25) is 10.0 Å². The van der Waals surface area contributed by atoms with Crippen molar-refractivity contribution in [2.75, 3.05) is 7.11 Å². The maximum atomic E-state index is 10.5. The molecule has 4 rings (SSSR count). The Bertz CT molecular complexity index is 1160. The van der Waals surface area contributed by atoms with Crippen molar-refractivity contribution in [2.45, 2.75) is 0 Å². The van der Waals surface area contributed by atoms with E-state index in [1.807, 2.05) is 34.9 Å². The zero-order valence-electron chi connectivity index (χ0n) is 14.0. The van der Waals surface area contributed by atoms with Crippen molar-refractivity contribution in [3.8, 4) is 34.3 Å². The van der Waals surface area contributed by atoms with Gasteiger partial charge in [0.25, 0.3) is 0 Å². The predicted molar refractivity (Wildman–Crippen MR) is 104 cm³/mol. The first kappa shape index (κ1) is 17.5. The molecule has 0 aliphatic rings. The molecular weight excluding hydrogens is 389 g/mol. The van der Waals surface area contributed by atoms with Crippen LogP contribution in [0.1, 0.15) is 0 Å². The molecular formula is C19H13Cl2N3O3. The molecule has 0 bridgehead atoms. The molecule has 0 aliphatic carbocycles. The SMILES string of the molecule is COc1ccc(-n2c(-c3cc(Cl)c(O)c(Cl)c3O)nc3ncccc32)cc1. The number of ether oxygens (including phenoxy) is 1. The maximum absolute atomic E-state index is 10.5. The van der Waals surface area contributed by atoms with E-state index in [9.17, 15) is 10.2 Å². The molecule has 0 fully saturated rings. The number of hydrogen-bond donors (Lipinski definition) is 2. The van der Waals surface area contributed by atoms with Gasteiger partial charge in [-0.1, -0.05) is 23.2 Å². The van der Waals surface area contributed by atoms with Gasteiger partial charge in [0.15, 0.2) is 17.2 Å². The molecule has 2 aromatic heterocycles. The van der Waals surface area contributed by atoms with E-state index in [1.54, 1.807) is 19.4 Å². The van der Waals surface area contributed by atoms with Gasteiger partial charge in [-0.2, -0.15) is 0 Å². The van der Waals surface area contributed by atoms with E-state index in [4.69, 9.17) is 27.9 Å². The third-order valence-electron chi connectivity index (χ3n) is 4.17. The number of benzene rings is 2. The molecule has 0 radical (unpaired) electrons. The first-order valence-corrected chi connectivity index (χ1v) is 8.65. The van der Waals surface area contributed by atoms with E-state index in [-0.39, 0.29) is 27.1 Å². The monoisotopic (exact) mass is 401 g/mol. The topological polar surface area (TPSA) is 80.4 Å². The number of aromatic hydroxyl groups is 2. The summed E-state index contributed by atoms with van der Waals surface area (Å²) < 4.78 is 7.03. The number of methoxy groups -OCH3 is 1. The molecule has 0 unspecified atom stereocenters. The second-order valence-corrected chi connectivity index (χ2v) is 6.52. The fourth-order valence-electron chi connectivity index (χ4n) is 2.86. The molecule has 0 amide bonds. The molecule has 0 spiro atoms. The second kappa shape index (κ2) is 6.64. The quantitative estimate of drug-likeness (QED) is 0.514. The lowest BCUT2D eigenvalue weighted by Gasteiger charge is -2.13. The number of aromatic nitrogens is 3. The van der Waals surface area contributed by atoms with Crippen molar-refractivity contribution in [3.63, 3.8) is 0 Å². The molecule has 0 saturated carbocycles. The second-order valence-electron chi connectivity index (χ2n) is 5.73. The van der Waals surface area contributed by atoms with Crippen molar-refractivity contribution in [3.05, 3.63) is 58.7 Å². The number of imidazole rings is 1. The fraction of sp³-hybridized carbons (Fsp3) is 0.0526. The predicted octanol–water partition coefficient (Wildman–Crippen LogP) is 4.81. The highest BCUT2D eigenvalue weighted by atomic mass is 35.5. The highest BCUT2D eigenvalue weighted by molar-refractivity contribution is 6.38. The van der Waals surface area contributed by atoms with Crippen molar-refractivity contribution in [1.29, 1.82) is 0 Å². The first-order chi connectivity index (χ1) is 13.0. The van der Waals surface area contributed by atoms with E-state index < -0.39 is 0 Å². The lowest BCUT2D eigenvalue weighted by Crippen LogP contribution is -1.98. The average molecular weight is 402 g/mol. The van der Waals surface area contributed by atoms with Gasteiger partial charge in [0.2, 0.25) is 0 Å². The van der Waals surface area contributed by atoms with Crippen LogP contribution in [0.15, 0.2) is 48.7 Å². The van der Waals surface area contributed by atoms with E-state index in [1.165, 1.54) is 6.07 Å². The maximum Gasteiger partial charge on any atom is 0.178 e. The lowest BCUT2D eigenvalue weighted by atomic mass is 10.1. The van der Waals surface area contributed by atoms with Crippen LogP contribution in [0, 0.1) is 0 Å². The number of halogens is 2. The van der Waals surface area contributed by atoms with Gasteiger partial charge in [0, 0.05) is 11.9 Å². The van der Waals surface area contributed by atoms with Crippen LogP contribution in [0.4, 0.5) is 0 Å². The van der Waals surface area contributed by atoms with Gasteiger partial charge < -0.3 is 14.9 Å². The Morgan fingerprint density at radius 1 is 1.04 bits per heavy atom. The van der Waals surface area contributed by atoms with Crippen molar-refractivity contribution >= 4 is 34.4 Å². The Morgan fingerprint density at radius 2 is 1.78 bits per heavy atom. The summed E-state index contributed by atoms with van der Waals surface area (Å²) >= 11 is 12.1. The van der Waals surface area contributed by atoms with Crippen molar-refractivity contribution in [2.24, 2.45) is 0 Å². The van der Waals surface area contributed by atoms with Gasteiger partial charge in [0.1, 0.15) is 16.5 Å². The molecule has 136 valence electrons. The Balaban J connectivity index is 2.05. The van der Waals surface area contributed by atoms with Crippen LogP contribution in [0.25, 0.3) is 28.2 Å². The summed E-state index contributed by atoms with van der Waals surface area (Å²) in [4.78, 5) is 8.82. The van der Waals surface area contributed by atoms with Crippen LogP contribution in [-0.4, -0.2) is 31.9 Å². The molecule has 27 heavy (non-hydrogen) atoms. The highest BCUT2D eigenvalue weighted by Crippen LogP contribution is 2.45. The van der Waals surface area contributed by atoms with Crippen LogP contribution >= 0.6 is 23.2 Å². The largest absolute Gasteiger partial charge is 0.505 e. The molecule has 2 aromatic carbocycles. The Morgan fingerprint density at radius 3 is 2.48 bits per heavy atom. The summed E-state index contributed by atoms with van der Waals surface area (Å²) in [5.41, 5.74) is 2.28. The Kier molecular flexibility index (Phi) is 4.30.